The van der Waals surface area contributed by atoms with E-state index >= 15 is 0 Å². The van der Waals surface area contributed by atoms with Crippen molar-refractivity contribution in [2.24, 2.45) is 0 Å². The van der Waals surface area contributed by atoms with E-state index in [9.17, 15) is 4.79 Å². The van der Waals surface area contributed by atoms with E-state index in [1.165, 1.54) is 13.3 Å². The number of nitrogens with zero attached hydrogens (tertiary/aromatic N) is 1. The fourth-order valence-corrected chi connectivity index (χ4v) is 1.80. The third kappa shape index (κ3) is 1.59. The van der Waals surface area contributed by atoms with Gasteiger partial charge in [0, 0.05) is 11.6 Å². The molecular weight excluding hydrogens is 295 g/mol. The minimum Gasteiger partial charge on any atom is -0.465 e. The minimum absolute atomic E-state index is 0.365. The average molecular weight is 302 g/mol. The van der Waals surface area contributed by atoms with Crippen LogP contribution in [-0.4, -0.2) is 23.0 Å². The minimum atomic E-state index is -0.365. The summed E-state index contributed by atoms with van der Waals surface area (Å²) in [5, 5.41) is 0.914. The standard InChI is InChI=1S/C9H7IN2O2/c1-14-9(13)6-2-5-3-7(10)12-8(5)11-4-6/h2-4H,1H3,(H,11,12). The van der Waals surface area contributed by atoms with E-state index in [2.05, 4.69) is 37.3 Å². The van der Waals surface area contributed by atoms with Crippen molar-refractivity contribution in [2.75, 3.05) is 7.11 Å². The number of aromatic amines is 1. The van der Waals surface area contributed by atoms with E-state index in [0.29, 0.717) is 5.56 Å². The fraction of sp³-hybridized carbons (Fsp3) is 0.111. The van der Waals surface area contributed by atoms with Crippen LogP contribution >= 0.6 is 22.6 Å². The third-order valence-corrected chi connectivity index (χ3v) is 2.44. The number of rotatable bonds is 1. The first-order chi connectivity index (χ1) is 6.70. The number of esters is 1. The Hall–Kier alpha value is -1.11. The maximum absolute atomic E-state index is 11.2. The summed E-state index contributed by atoms with van der Waals surface area (Å²) in [7, 11) is 1.35. The van der Waals surface area contributed by atoms with Gasteiger partial charge in [-0.2, -0.15) is 0 Å². The number of halogens is 1. The molecule has 72 valence electrons. The Morgan fingerprint density at radius 3 is 3.07 bits per heavy atom. The van der Waals surface area contributed by atoms with Crippen molar-refractivity contribution in [3.8, 4) is 0 Å². The zero-order valence-corrected chi connectivity index (χ0v) is 9.53. The summed E-state index contributed by atoms with van der Waals surface area (Å²) >= 11 is 2.16. The summed E-state index contributed by atoms with van der Waals surface area (Å²) in [6.07, 6.45) is 1.50. The Balaban J connectivity index is 2.55. The first-order valence-corrected chi connectivity index (χ1v) is 5.01. The largest absolute Gasteiger partial charge is 0.465 e. The molecule has 0 atom stereocenters. The molecule has 0 fully saturated rings. The van der Waals surface area contributed by atoms with E-state index in [-0.39, 0.29) is 5.97 Å². The molecule has 0 amide bonds. The van der Waals surface area contributed by atoms with Crippen molar-refractivity contribution < 1.29 is 9.53 Å². The molecule has 0 aliphatic rings. The number of ether oxygens (including phenoxy) is 1. The van der Waals surface area contributed by atoms with Crippen molar-refractivity contribution in [1.82, 2.24) is 9.97 Å². The Morgan fingerprint density at radius 2 is 2.36 bits per heavy atom. The molecule has 2 aromatic rings. The third-order valence-electron chi connectivity index (χ3n) is 1.86. The summed E-state index contributed by atoms with van der Waals surface area (Å²) in [5.41, 5.74) is 1.25. The molecule has 1 N–H and O–H groups in total. The Labute approximate surface area is 93.8 Å². The Kier molecular flexibility index (Phi) is 2.40. The van der Waals surface area contributed by atoms with Gasteiger partial charge in [0.1, 0.15) is 5.65 Å². The summed E-state index contributed by atoms with van der Waals surface area (Å²) in [4.78, 5) is 18.4. The molecule has 2 rings (SSSR count). The van der Waals surface area contributed by atoms with Crippen molar-refractivity contribution in [2.45, 2.75) is 0 Å². The second-order valence-electron chi connectivity index (χ2n) is 2.77. The average Bonchev–Trinajstić information content (AvgIpc) is 2.55. The Morgan fingerprint density at radius 1 is 1.57 bits per heavy atom. The van der Waals surface area contributed by atoms with Crippen LogP contribution in [0.15, 0.2) is 18.3 Å². The highest BCUT2D eigenvalue weighted by molar-refractivity contribution is 14.1. The smallest absolute Gasteiger partial charge is 0.339 e. The first kappa shape index (κ1) is 9.45. The van der Waals surface area contributed by atoms with Gasteiger partial charge in [0.15, 0.2) is 0 Å². The fourth-order valence-electron chi connectivity index (χ4n) is 1.21. The van der Waals surface area contributed by atoms with Gasteiger partial charge in [0.2, 0.25) is 0 Å². The number of nitrogens with one attached hydrogen (secondary N) is 1. The van der Waals surface area contributed by atoms with Gasteiger partial charge in [-0.05, 0) is 34.7 Å². The number of fused-ring (bicyclic) bond motifs is 1. The van der Waals surface area contributed by atoms with Crippen LogP contribution in [0.3, 0.4) is 0 Å². The maximum Gasteiger partial charge on any atom is 0.339 e. The maximum atomic E-state index is 11.2. The van der Waals surface area contributed by atoms with Gasteiger partial charge in [-0.15, -0.1) is 0 Å². The van der Waals surface area contributed by atoms with E-state index in [4.69, 9.17) is 0 Å². The molecule has 0 radical (unpaired) electrons. The van der Waals surface area contributed by atoms with Crippen molar-refractivity contribution in [1.29, 1.82) is 0 Å². The topological polar surface area (TPSA) is 55.0 Å². The molecule has 0 saturated carbocycles. The summed E-state index contributed by atoms with van der Waals surface area (Å²) in [5.74, 6) is -0.365. The summed E-state index contributed by atoms with van der Waals surface area (Å²) in [6.45, 7) is 0. The van der Waals surface area contributed by atoms with Crippen LogP contribution in [0, 0.1) is 3.70 Å². The highest BCUT2D eigenvalue weighted by Crippen LogP contribution is 2.16. The highest BCUT2D eigenvalue weighted by Gasteiger charge is 2.07. The molecule has 4 nitrogen and oxygen atoms in total. The first-order valence-electron chi connectivity index (χ1n) is 3.93. The van der Waals surface area contributed by atoms with Crippen LogP contribution in [0.4, 0.5) is 0 Å². The van der Waals surface area contributed by atoms with Crippen molar-refractivity contribution in [3.05, 3.63) is 27.6 Å². The van der Waals surface area contributed by atoms with Crippen LogP contribution in [0.25, 0.3) is 11.0 Å². The van der Waals surface area contributed by atoms with E-state index < -0.39 is 0 Å². The second-order valence-corrected chi connectivity index (χ2v) is 3.93. The van der Waals surface area contributed by atoms with Crippen LogP contribution < -0.4 is 0 Å². The zero-order valence-electron chi connectivity index (χ0n) is 7.37. The van der Waals surface area contributed by atoms with Crippen molar-refractivity contribution >= 4 is 39.6 Å². The lowest BCUT2D eigenvalue weighted by molar-refractivity contribution is 0.0600. The number of H-pyrrole nitrogens is 1. The van der Waals surface area contributed by atoms with Crippen LogP contribution in [0.1, 0.15) is 10.4 Å². The Bertz CT molecular complexity index is 493. The molecule has 0 spiro atoms. The quantitative estimate of drug-likeness (QED) is 0.647. The molecule has 14 heavy (non-hydrogen) atoms. The lowest BCUT2D eigenvalue weighted by Crippen LogP contribution is -2.01. The predicted molar refractivity (Wildman–Crippen MR) is 60.2 cm³/mol. The molecule has 2 aromatic heterocycles. The van der Waals surface area contributed by atoms with Crippen LogP contribution in [0.5, 0.6) is 0 Å². The SMILES string of the molecule is COC(=O)c1cnc2[nH]c(I)cc2c1. The number of hydrogen-bond acceptors (Lipinski definition) is 3. The molecule has 0 saturated heterocycles. The van der Waals surface area contributed by atoms with Gasteiger partial charge in [-0.3, -0.25) is 0 Å². The molecule has 5 heteroatoms. The number of carbonyl (C=O) groups is 1. The molecule has 0 bridgehead atoms. The number of aromatic nitrogens is 2. The van der Waals surface area contributed by atoms with Crippen molar-refractivity contribution in [3.63, 3.8) is 0 Å². The second kappa shape index (κ2) is 3.56. The van der Waals surface area contributed by atoms with Crippen LogP contribution in [0.2, 0.25) is 0 Å². The number of carbonyl (C=O) groups excluding carboxylic acids is 1. The monoisotopic (exact) mass is 302 g/mol. The molecule has 0 unspecified atom stereocenters. The molecule has 2 heterocycles. The van der Waals surface area contributed by atoms with Gasteiger partial charge in [-0.1, -0.05) is 0 Å². The number of pyridine rings is 1. The van der Waals surface area contributed by atoms with Crippen LogP contribution in [-0.2, 0) is 4.74 Å². The summed E-state index contributed by atoms with van der Waals surface area (Å²) < 4.78 is 5.59. The predicted octanol–water partition coefficient (Wildman–Crippen LogP) is 1.95. The van der Waals surface area contributed by atoms with Gasteiger partial charge in [0.05, 0.1) is 16.4 Å². The number of hydrogen-bond donors (Lipinski definition) is 1. The molecule has 0 aliphatic heterocycles. The zero-order chi connectivity index (χ0) is 10.1. The van der Waals surface area contributed by atoms with E-state index in [0.717, 1.165) is 14.7 Å². The normalized spacial score (nSPS) is 10.4. The summed E-state index contributed by atoms with van der Waals surface area (Å²) in [6, 6.07) is 3.68. The molecule has 0 aromatic carbocycles. The van der Waals surface area contributed by atoms with Gasteiger partial charge >= 0.3 is 5.97 Å². The van der Waals surface area contributed by atoms with Gasteiger partial charge in [-0.25, -0.2) is 9.78 Å². The lowest BCUT2D eigenvalue weighted by atomic mass is 10.2. The van der Waals surface area contributed by atoms with Gasteiger partial charge < -0.3 is 9.72 Å². The molecule has 0 aliphatic carbocycles. The molecular formula is C9H7IN2O2. The highest BCUT2D eigenvalue weighted by atomic mass is 127. The number of methoxy groups -OCH3 is 1. The lowest BCUT2D eigenvalue weighted by Gasteiger charge is -1.97. The van der Waals surface area contributed by atoms with Gasteiger partial charge in [0.25, 0.3) is 0 Å². The van der Waals surface area contributed by atoms with E-state index in [1.807, 2.05) is 6.07 Å². The van der Waals surface area contributed by atoms with E-state index in [1.54, 1.807) is 6.07 Å².